The molecule has 1 aliphatic heterocycles. The third-order valence-corrected chi connectivity index (χ3v) is 6.33. The highest BCUT2D eigenvalue weighted by Crippen LogP contribution is 2.38. The first-order valence-corrected chi connectivity index (χ1v) is 10.9. The Morgan fingerprint density at radius 2 is 1.71 bits per heavy atom. The molecule has 1 heterocycles. The Morgan fingerprint density at radius 1 is 1.06 bits per heavy atom. The molecule has 0 saturated carbocycles. The Hall–Kier alpha value is -4.02. The number of nitrogens with zero attached hydrogens (tertiary/aromatic N) is 3. The fourth-order valence-electron chi connectivity index (χ4n) is 4.55. The number of rotatable bonds is 5. The molecule has 1 aliphatic carbocycles. The minimum absolute atomic E-state index is 0.165. The van der Waals surface area contributed by atoms with Gasteiger partial charge in [-0.2, -0.15) is 0 Å². The van der Waals surface area contributed by atoms with Crippen LogP contribution < -0.4 is 10.6 Å². The van der Waals surface area contributed by atoms with E-state index in [2.05, 4.69) is 10.6 Å². The van der Waals surface area contributed by atoms with E-state index in [9.17, 15) is 28.0 Å². The molecule has 6 amide bonds. The monoisotopic (exact) mass is 485 g/mol. The summed E-state index contributed by atoms with van der Waals surface area (Å²) >= 11 is 0. The molecule has 0 unspecified atom stereocenters. The van der Waals surface area contributed by atoms with Crippen LogP contribution in [-0.4, -0.2) is 71.8 Å². The number of carbonyl (C=O) groups excluding carboxylic acids is 4. The summed E-state index contributed by atoms with van der Waals surface area (Å²) in [6.07, 6.45) is 0.691. The largest absolute Gasteiger partial charge is 0.331 e. The van der Waals surface area contributed by atoms with Gasteiger partial charge in [0.25, 0.3) is 5.91 Å². The number of fused-ring (bicyclic) bond motifs is 1. The van der Waals surface area contributed by atoms with Crippen LogP contribution in [0.15, 0.2) is 36.4 Å². The summed E-state index contributed by atoms with van der Waals surface area (Å²) in [4.78, 5) is 53.6. The van der Waals surface area contributed by atoms with Gasteiger partial charge in [-0.25, -0.2) is 18.4 Å². The van der Waals surface area contributed by atoms with Crippen molar-refractivity contribution in [2.75, 3.05) is 33.0 Å². The van der Waals surface area contributed by atoms with Crippen LogP contribution in [0.5, 0.6) is 0 Å². The second-order valence-electron chi connectivity index (χ2n) is 9.05. The minimum Gasteiger partial charge on any atom is -0.331 e. The molecule has 35 heavy (non-hydrogen) atoms. The standard InChI is InChI=1S/C24H25F2N5O4/c1-29(2)23(35)31(12-14-6-17(25)9-18(26)7-14)13-20(32)27-19-5-4-15-10-24(11-16(15)8-19)21(33)28-22(34)30(24)3/h4-9H,10-13H2,1-3H3,(H,27,32)(H,28,33,34)/t24-/m0/s1. The minimum atomic E-state index is -0.975. The molecule has 2 aromatic carbocycles. The lowest BCUT2D eigenvalue weighted by atomic mass is 9.95. The SMILES string of the molecule is CN(C)C(=O)N(CC(=O)Nc1ccc2c(c1)C[C@@]1(C2)C(=O)NC(=O)N1C)Cc1cc(F)cc(F)c1. The Balaban J connectivity index is 1.47. The van der Waals surface area contributed by atoms with Gasteiger partial charge in [0.1, 0.15) is 23.7 Å². The molecule has 0 bridgehead atoms. The Bertz CT molecular complexity index is 1210. The van der Waals surface area contributed by atoms with Gasteiger partial charge in [0.15, 0.2) is 0 Å². The lowest BCUT2D eigenvalue weighted by molar-refractivity contribution is -0.125. The maximum Gasteiger partial charge on any atom is 0.324 e. The van der Waals surface area contributed by atoms with Crippen LogP contribution in [0.3, 0.4) is 0 Å². The molecule has 4 rings (SSSR count). The summed E-state index contributed by atoms with van der Waals surface area (Å²) in [5, 5.41) is 5.07. The number of nitrogens with one attached hydrogen (secondary N) is 2. The van der Waals surface area contributed by atoms with Crippen LogP contribution in [0.4, 0.5) is 24.1 Å². The average Bonchev–Trinajstić information content (AvgIpc) is 3.25. The molecule has 9 nitrogen and oxygen atoms in total. The first-order valence-electron chi connectivity index (χ1n) is 10.9. The zero-order valence-electron chi connectivity index (χ0n) is 19.5. The molecular weight excluding hydrogens is 460 g/mol. The Morgan fingerprint density at radius 3 is 2.31 bits per heavy atom. The molecule has 184 valence electrons. The molecule has 11 heteroatoms. The van der Waals surface area contributed by atoms with E-state index in [4.69, 9.17) is 0 Å². The Labute approximate surface area is 200 Å². The second-order valence-corrected chi connectivity index (χ2v) is 9.05. The molecule has 0 aromatic heterocycles. The van der Waals surface area contributed by atoms with Crippen LogP contribution in [0, 0.1) is 11.6 Å². The number of urea groups is 2. The predicted octanol–water partition coefficient (Wildman–Crippen LogP) is 2.11. The van der Waals surface area contributed by atoms with Crippen molar-refractivity contribution >= 4 is 29.6 Å². The number of halogens is 2. The Kier molecular flexibility index (Phi) is 6.18. The molecule has 1 spiro atoms. The zero-order valence-corrected chi connectivity index (χ0v) is 19.5. The van der Waals surface area contributed by atoms with E-state index in [1.165, 1.54) is 28.8 Å². The van der Waals surface area contributed by atoms with Crippen molar-refractivity contribution in [3.63, 3.8) is 0 Å². The first kappa shape index (κ1) is 24.1. The third kappa shape index (κ3) is 4.66. The number of carbonyl (C=O) groups is 4. The van der Waals surface area contributed by atoms with Gasteiger partial charge in [0, 0.05) is 52.3 Å². The molecule has 0 radical (unpaired) electrons. The summed E-state index contributed by atoms with van der Waals surface area (Å²) in [6, 6.07) is 7.22. The van der Waals surface area contributed by atoms with E-state index >= 15 is 0 Å². The van der Waals surface area contributed by atoms with E-state index in [1.807, 2.05) is 0 Å². The predicted molar refractivity (Wildman–Crippen MR) is 122 cm³/mol. The third-order valence-electron chi connectivity index (χ3n) is 6.33. The quantitative estimate of drug-likeness (QED) is 0.634. The fourth-order valence-corrected chi connectivity index (χ4v) is 4.55. The van der Waals surface area contributed by atoms with E-state index in [0.29, 0.717) is 18.5 Å². The maximum atomic E-state index is 13.6. The fraction of sp³-hybridized carbons (Fsp3) is 0.333. The van der Waals surface area contributed by atoms with E-state index in [-0.39, 0.29) is 24.6 Å². The highest BCUT2D eigenvalue weighted by atomic mass is 19.1. The highest BCUT2D eigenvalue weighted by molar-refractivity contribution is 6.07. The summed E-state index contributed by atoms with van der Waals surface area (Å²) < 4.78 is 27.2. The van der Waals surface area contributed by atoms with Gasteiger partial charge in [-0.05, 0) is 41.0 Å². The van der Waals surface area contributed by atoms with Gasteiger partial charge in [-0.1, -0.05) is 6.07 Å². The van der Waals surface area contributed by atoms with Crippen molar-refractivity contribution in [3.8, 4) is 0 Å². The number of hydrogen-bond donors (Lipinski definition) is 2. The van der Waals surface area contributed by atoms with Gasteiger partial charge in [0.2, 0.25) is 5.91 Å². The molecule has 1 atom stereocenters. The first-order chi connectivity index (χ1) is 16.5. The number of benzene rings is 2. The average molecular weight is 485 g/mol. The molecule has 2 aromatic rings. The van der Waals surface area contributed by atoms with Crippen LogP contribution in [0.1, 0.15) is 16.7 Å². The van der Waals surface area contributed by atoms with Crippen molar-refractivity contribution in [1.82, 2.24) is 20.0 Å². The van der Waals surface area contributed by atoms with Crippen LogP contribution in [0.25, 0.3) is 0 Å². The highest BCUT2D eigenvalue weighted by Gasteiger charge is 2.54. The second kappa shape index (κ2) is 8.97. The van der Waals surface area contributed by atoms with Crippen molar-refractivity contribution in [2.24, 2.45) is 0 Å². The normalized spacial score (nSPS) is 18.5. The van der Waals surface area contributed by atoms with E-state index in [1.54, 1.807) is 25.2 Å². The molecule has 1 fully saturated rings. The summed E-state index contributed by atoms with van der Waals surface area (Å²) in [6.45, 7) is -0.517. The number of hydrogen-bond acceptors (Lipinski definition) is 4. The lowest BCUT2D eigenvalue weighted by Crippen LogP contribution is -2.48. The number of amides is 6. The summed E-state index contributed by atoms with van der Waals surface area (Å²) in [5.74, 6) is -2.41. The summed E-state index contributed by atoms with van der Waals surface area (Å²) in [7, 11) is 4.60. The van der Waals surface area contributed by atoms with Gasteiger partial charge in [-0.15, -0.1) is 0 Å². The number of imide groups is 1. The smallest absolute Gasteiger partial charge is 0.324 e. The van der Waals surface area contributed by atoms with Gasteiger partial charge in [0.05, 0.1) is 0 Å². The van der Waals surface area contributed by atoms with Crippen molar-refractivity contribution in [3.05, 3.63) is 64.7 Å². The van der Waals surface area contributed by atoms with Crippen LogP contribution >= 0.6 is 0 Å². The number of anilines is 1. The van der Waals surface area contributed by atoms with Crippen LogP contribution in [-0.2, 0) is 29.0 Å². The lowest BCUT2D eigenvalue weighted by Gasteiger charge is -2.27. The topological polar surface area (TPSA) is 102 Å². The van der Waals surface area contributed by atoms with Crippen molar-refractivity contribution < 1.29 is 28.0 Å². The van der Waals surface area contributed by atoms with Gasteiger partial charge in [-0.3, -0.25) is 14.9 Å². The van der Waals surface area contributed by atoms with E-state index < -0.39 is 35.1 Å². The molecule has 2 aliphatic rings. The molecule has 2 N–H and O–H groups in total. The number of likely N-dealkylation sites (N-methyl/N-ethyl adjacent to an activating group) is 1. The van der Waals surface area contributed by atoms with Gasteiger partial charge < -0.3 is 20.0 Å². The van der Waals surface area contributed by atoms with E-state index in [0.717, 1.165) is 29.3 Å². The van der Waals surface area contributed by atoms with Gasteiger partial charge >= 0.3 is 12.1 Å². The zero-order chi connectivity index (χ0) is 25.5. The molecular formula is C24H25F2N5O4. The summed E-state index contributed by atoms with van der Waals surface area (Å²) in [5.41, 5.74) is 1.43. The van der Waals surface area contributed by atoms with Crippen LogP contribution in [0.2, 0.25) is 0 Å². The maximum absolute atomic E-state index is 13.6. The van der Waals surface area contributed by atoms with Crippen molar-refractivity contribution in [1.29, 1.82) is 0 Å². The molecule has 1 saturated heterocycles. The van der Waals surface area contributed by atoms with Crippen molar-refractivity contribution in [2.45, 2.75) is 24.9 Å².